The summed E-state index contributed by atoms with van der Waals surface area (Å²) in [5.41, 5.74) is -1.11. The highest BCUT2D eigenvalue weighted by Crippen LogP contribution is 2.15. The van der Waals surface area contributed by atoms with Gasteiger partial charge in [-0.3, -0.25) is 14.4 Å². The molecule has 0 rings (SSSR count). The molecule has 0 radical (unpaired) electrons. The minimum atomic E-state index is -1.11. The molecular formula is C33H66O10. The molecule has 0 saturated heterocycles. The van der Waals surface area contributed by atoms with Gasteiger partial charge in [0.15, 0.2) is 0 Å². The first-order valence-electron chi connectivity index (χ1n) is 16.6. The fourth-order valence-electron chi connectivity index (χ4n) is 4.16. The lowest BCUT2D eigenvalue weighted by Gasteiger charge is -2.23. The predicted molar refractivity (Wildman–Crippen MR) is 170 cm³/mol. The molecule has 0 amide bonds. The Kier molecular flexibility index (Phi) is 36.9. The minimum Gasteiger partial charge on any atom is -0.481 e. The molecule has 7 N–H and O–H groups in total. The van der Waals surface area contributed by atoms with Crippen LogP contribution < -0.4 is 0 Å². The summed E-state index contributed by atoms with van der Waals surface area (Å²) in [5.74, 6) is -1.27. The van der Waals surface area contributed by atoms with Gasteiger partial charge in [-0.25, -0.2) is 0 Å². The van der Waals surface area contributed by atoms with Gasteiger partial charge in [0.25, 0.3) is 0 Å². The molecule has 0 aliphatic rings. The average Bonchev–Trinajstić information content (AvgIpc) is 2.96. The largest absolute Gasteiger partial charge is 0.481 e. The number of carbonyl (C=O) groups is 3. The fraction of sp³-hybridized carbons (Fsp3) is 0.909. The zero-order chi connectivity index (χ0) is 33.2. The summed E-state index contributed by atoms with van der Waals surface area (Å²) in [6, 6.07) is 0. The van der Waals surface area contributed by atoms with E-state index in [0.717, 1.165) is 57.3 Å². The van der Waals surface area contributed by atoms with Crippen LogP contribution in [0.4, 0.5) is 0 Å². The number of unbranched alkanes of at least 4 members (excludes halogenated alkanes) is 16. The zero-order valence-electron chi connectivity index (χ0n) is 27.3. The van der Waals surface area contributed by atoms with Crippen molar-refractivity contribution in [3.05, 3.63) is 0 Å². The highest BCUT2D eigenvalue weighted by atomic mass is 16.4. The van der Waals surface area contributed by atoms with Crippen molar-refractivity contribution in [1.82, 2.24) is 0 Å². The third-order valence-corrected chi connectivity index (χ3v) is 7.30. The lowest BCUT2D eigenvalue weighted by atomic mass is 9.93. The smallest absolute Gasteiger partial charge is 0.303 e. The van der Waals surface area contributed by atoms with Gasteiger partial charge < -0.3 is 35.7 Å². The Bertz CT molecular complexity index is 583. The fourth-order valence-corrected chi connectivity index (χ4v) is 4.16. The highest BCUT2D eigenvalue weighted by Gasteiger charge is 2.26. The van der Waals surface area contributed by atoms with E-state index in [2.05, 4.69) is 13.8 Å². The molecule has 0 spiro atoms. The van der Waals surface area contributed by atoms with Crippen LogP contribution in [0.1, 0.15) is 155 Å². The van der Waals surface area contributed by atoms with Gasteiger partial charge in [0, 0.05) is 19.3 Å². The van der Waals surface area contributed by atoms with E-state index in [1.807, 2.05) is 0 Å². The maximum atomic E-state index is 10.3. The van der Waals surface area contributed by atoms with E-state index < -0.39 is 49.8 Å². The van der Waals surface area contributed by atoms with Crippen molar-refractivity contribution in [2.45, 2.75) is 155 Å². The van der Waals surface area contributed by atoms with E-state index in [-0.39, 0.29) is 12.8 Å². The van der Waals surface area contributed by atoms with Crippen molar-refractivity contribution >= 4 is 17.9 Å². The highest BCUT2D eigenvalue weighted by molar-refractivity contribution is 5.67. The van der Waals surface area contributed by atoms with Gasteiger partial charge in [-0.05, 0) is 25.2 Å². The number of hydrogen-bond acceptors (Lipinski definition) is 7. The number of carboxylic acid groups (broad SMARTS) is 3. The molecule has 0 bridgehead atoms. The van der Waals surface area contributed by atoms with Crippen molar-refractivity contribution in [1.29, 1.82) is 0 Å². The van der Waals surface area contributed by atoms with E-state index in [9.17, 15) is 14.4 Å². The maximum Gasteiger partial charge on any atom is 0.303 e. The van der Waals surface area contributed by atoms with E-state index in [1.165, 1.54) is 70.6 Å². The Morgan fingerprint density at radius 2 is 0.628 bits per heavy atom. The first kappa shape index (κ1) is 45.7. The topological polar surface area (TPSA) is 193 Å². The SMILES string of the molecule is CC(C)CCCCCCCCCCCCCCC(=O)O.O=C(O)CCCCCCCCC(=O)O.OCC(CO)(CO)CO. The van der Waals surface area contributed by atoms with Crippen molar-refractivity contribution in [2.75, 3.05) is 26.4 Å². The molecule has 0 aliphatic carbocycles. The Morgan fingerprint density at radius 3 is 0.791 bits per heavy atom. The number of carboxylic acids is 3. The second-order valence-electron chi connectivity index (χ2n) is 12.1. The minimum absolute atomic E-state index is 0.245. The molecule has 10 heteroatoms. The summed E-state index contributed by atoms with van der Waals surface area (Å²) in [4.78, 5) is 30.6. The van der Waals surface area contributed by atoms with E-state index in [0.29, 0.717) is 6.42 Å². The van der Waals surface area contributed by atoms with Gasteiger partial charge in [0.2, 0.25) is 0 Å². The molecule has 0 aromatic carbocycles. The molecule has 0 aromatic heterocycles. The number of aliphatic hydroxyl groups excluding tert-OH is 4. The van der Waals surface area contributed by atoms with Crippen LogP contribution in [0.5, 0.6) is 0 Å². The van der Waals surface area contributed by atoms with E-state index in [4.69, 9.17) is 35.7 Å². The van der Waals surface area contributed by atoms with Gasteiger partial charge in [0.1, 0.15) is 0 Å². The van der Waals surface area contributed by atoms with Crippen LogP contribution in [0.3, 0.4) is 0 Å². The summed E-state index contributed by atoms with van der Waals surface area (Å²) in [6.45, 7) is 2.99. The average molecular weight is 623 g/mol. The Balaban J connectivity index is -0.000000604. The third-order valence-electron chi connectivity index (χ3n) is 7.30. The predicted octanol–water partition coefficient (Wildman–Crippen LogP) is 6.41. The molecule has 0 unspecified atom stereocenters. The third kappa shape index (κ3) is 40.2. The molecule has 43 heavy (non-hydrogen) atoms. The van der Waals surface area contributed by atoms with Crippen LogP contribution in [-0.4, -0.2) is 80.1 Å². The van der Waals surface area contributed by atoms with Gasteiger partial charge in [-0.15, -0.1) is 0 Å². The molecule has 0 saturated carbocycles. The van der Waals surface area contributed by atoms with Gasteiger partial charge in [-0.2, -0.15) is 0 Å². The number of aliphatic hydroxyl groups is 4. The Labute approximate surface area is 260 Å². The zero-order valence-corrected chi connectivity index (χ0v) is 27.3. The standard InChI is InChI=1S/C18H36O2.C10H18O4.C5H12O4/c1-17(2)15-13-11-9-7-5-3-4-6-8-10-12-14-16-18(19)20;11-9(12)7-5-3-1-2-4-6-8-10(13)14;6-1-5(2-7,3-8)4-9/h17H,3-16H2,1-2H3,(H,19,20);1-8H2,(H,11,12)(H,13,14);6-9H,1-4H2. The van der Waals surface area contributed by atoms with E-state index >= 15 is 0 Å². The van der Waals surface area contributed by atoms with Gasteiger partial charge in [0.05, 0.1) is 31.8 Å². The summed E-state index contributed by atoms with van der Waals surface area (Å²) in [6.07, 6.45) is 23.1. The molecule has 0 aliphatic heterocycles. The van der Waals surface area contributed by atoms with Crippen LogP contribution in [-0.2, 0) is 14.4 Å². The molecule has 0 aromatic rings. The molecule has 0 fully saturated rings. The normalized spacial score (nSPS) is 11.0. The maximum absolute atomic E-state index is 10.3. The lowest BCUT2D eigenvalue weighted by molar-refractivity contribution is -0.138. The van der Waals surface area contributed by atoms with Crippen LogP contribution in [0.25, 0.3) is 0 Å². The second-order valence-corrected chi connectivity index (χ2v) is 12.1. The van der Waals surface area contributed by atoms with Crippen LogP contribution in [0, 0.1) is 11.3 Å². The van der Waals surface area contributed by atoms with Crippen LogP contribution in [0.2, 0.25) is 0 Å². The van der Waals surface area contributed by atoms with Crippen molar-refractivity contribution in [3.8, 4) is 0 Å². The molecule has 0 heterocycles. The first-order chi connectivity index (χ1) is 20.5. The van der Waals surface area contributed by atoms with Gasteiger partial charge >= 0.3 is 17.9 Å². The summed E-state index contributed by atoms with van der Waals surface area (Å²) in [7, 11) is 0. The van der Waals surface area contributed by atoms with Crippen LogP contribution in [0.15, 0.2) is 0 Å². The molecule has 10 nitrogen and oxygen atoms in total. The van der Waals surface area contributed by atoms with Gasteiger partial charge in [-0.1, -0.05) is 117 Å². The molecular weight excluding hydrogens is 556 g/mol. The number of rotatable bonds is 28. The quantitative estimate of drug-likeness (QED) is 0.0480. The Hall–Kier alpha value is -1.75. The molecule has 258 valence electrons. The number of aliphatic carboxylic acids is 3. The van der Waals surface area contributed by atoms with E-state index in [1.54, 1.807) is 0 Å². The summed E-state index contributed by atoms with van der Waals surface area (Å²) < 4.78 is 0. The first-order valence-corrected chi connectivity index (χ1v) is 16.6. The Morgan fingerprint density at radius 1 is 0.419 bits per heavy atom. The van der Waals surface area contributed by atoms with Crippen LogP contribution >= 0.6 is 0 Å². The lowest BCUT2D eigenvalue weighted by Crippen LogP contribution is -2.37. The monoisotopic (exact) mass is 622 g/mol. The number of hydrogen-bond donors (Lipinski definition) is 7. The molecule has 0 atom stereocenters. The summed E-state index contributed by atoms with van der Waals surface area (Å²) in [5, 5.41) is 59.2. The second kappa shape index (κ2) is 34.7. The van der Waals surface area contributed by atoms with Crippen molar-refractivity contribution in [3.63, 3.8) is 0 Å². The summed E-state index contributed by atoms with van der Waals surface area (Å²) >= 11 is 0. The van der Waals surface area contributed by atoms with Crippen molar-refractivity contribution < 1.29 is 50.1 Å². The van der Waals surface area contributed by atoms with Crippen molar-refractivity contribution in [2.24, 2.45) is 11.3 Å².